The average Bonchev–Trinajstić information content (AvgIpc) is 2.35. The van der Waals surface area contributed by atoms with Gasteiger partial charge in [-0.3, -0.25) is 0 Å². The number of amides is 2. The second-order valence-electron chi connectivity index (χ2n) is 4.85. The Morgan fingerprint density at radius 3 is 2.74 bits per heavy atom. The van der Waals surface area contributed by atoms with Gasteiger partial charge in [0.1, 0.15) is 5.82 Å². The summed E-state index contributed by atoms with van der Waals surface area (Å²) in [5, 5.41) is 5.71. The van der Waals surface area contributed by atoms with Crippen LogP contribution in [0.4, 0.5) is 4.79 Å². The van der Waals surface area contributed by atoms with Crippen LogP contribution in [0.15, 0.2) is 12.4 Å². The molecular formula is C13H20N4O2. The van der Waals surface area contributed by atoms with Crippen LogP contribution in [-0.4, -0.2) is 41.8 Å². The molecule has 0 bridgehead atoms. The van der Waals surface area contributed by atoms with Crippen molar-refractivity contribution in [1.82, 2.24) is 20.6 Å². The monoisotopic (exact) mass is 264 g/mol. The Balaban J connectivity index is 1.60. The summed E-state index contributed by atoms with van der Waals surface area (Å²) in [6, 6.07) is 0.104. The number of carbonyl (C=O) groups excluding carboxylic acids is 1. The normalized spacial score (nSPS) is 21.6. The molecule has 2 rings (SSSR count). The van der Waals surface area contributed by atoms with E-state index >= 15 is 0 Å². The van der Waals surface area contributed by atoms with Gasteiger partial charge in [-0.1, -0.05) is 0 Å². The van der Waals surface area contributed by atoms with Gasteiger partial charge < -0.3 is 15.4 Å². The smallest absolute Gasteiger partial charge is 0.315 e. The van der Waals surface area contributed by atoms with Crippen molar-refractivity contribution in [2.24, 2.45) is 0 Å². The number of nitrogens with one attached hydrogen (secondary N) is 2. The van der Waals surface area contributed by atoms with Gasteiger partial charge in [0.05, 0.1) is 6.10 Å². The third kappa shape index (κ3) is 4.17. The van der Waals surface area contributed by atoms with E-state index in [1.165, 1.54) is 0 Å². The fourth-order valence-electron chi connectivity index (χ4n) is 1.95. The number of aryl methyl sites for hydroxylation is 1. The lowest BCUT2D eigenvalue weighted by Crippen LogP contribution is -2.50. The largest absolute Gasteiger partial charge is 0.381 e. The first kappa shape index (κ1) is 13.7. The molecule has 6 heteroatoms. The number of aromatic nitrogens is 2. The van der Waals surface area contributed by atoms with Crippen LogP contribution in [0.25, 0.3) is 0 Å². The highest BCUT2D eigenvalue weighted by Gasteiger charge is 2.29. The van der Waals surface area contributed by atoms with Crippen LogP contribution in [0.1, 0.15) is 24.2 Å². The molecule has 0 saturated heterocycles. The molecule has 1 fully saturated rings. The van der Waals surface area contributed by atoms with Gasteiger partial charge in [0.15, 0.2) is 0 Å². The molecule has 19 heavy (non-hydrogen) atoms. The van der Waals surface area contributed by atoms with E-state index in [1.54, 1.807) is 19.5 Å². The predicted octanol–water partition coefficient (Wildman–Crippen LogP) is 0.804. The highest BCUT2D eigenvalue weighted by atomic mass is 16.5. The molecule has 2 N–H and O–H groups in total. The molecule has 0 radical (unpaired) electrons. The van der Waals surface area contributed by atoms with Crippen molar-refractivity contribution in [2.45, 2.75) is 38.3 Å². The van der Waals surface area contributed by atoms with E-state index in [0.717, 1.165) is 24.2 Å². The summed E-state index contributed by atoms with van der Waals surface area (Å²) < 4.78 is 5.16. The maximum Gasteiger partial charge on any atom is 0.315 e. The predicted molar refractivity (Wildman–Crippen MR) is 70.8 cm³/mol. The molecule has 1 saturated carbocycles. The molecule has 1 aromatic rings. The summed E-state index contributed by atoms with van der Waals surface area (Å²) >= 11 is 0. The first-order valence-electron chi connectivity index (χ1n) is 6.52. The fourth-order valence-corrected chi connectivity index (χ4v) is 1.95. The molecule has 1 aliphatic rings. The van der Waals surface area contributed by atoms with Gasteiger partial charge in [-0.05, 0) is 25.3 Å². The van der Waals surface area contributed by atoms with Gasteiger partial charge in [-0.2, -0.15) is 0 Å². The molecule has 0 spiro atoms. The van der Waals surface area contributed by atoms with Gasteiger partial charge in [0.2, 0.25) is 0 Å². The molecule has 0 aliphatic heterocycles. The van der Waals surface area contributed by atoms with Gasteiger partial charge in [0.25, 0.3) is 0 Å². The van der Waals surface area contributed by atoms with Gasteiger partial charge >= 0.3 is 6.03 Å². The summed E-state index contributed by atoms with van der Waals surface area (Å²) in [4.78, 5) is 20.0. The molecule has 0 atom stereocenters. The molecule has 0 aromatic carbocycles. The minimum absolute atomic E-state index is 0.133. The summed E-state index contributed by atoms with van der Waals surface area (Å²) in [6.45, 7) is 2.48. The van der Waals surface area contributed by atoms with E-state index < -0.39 is 0 Å². The standard InChI is InChI=1S/C13H20N4O2/c1-9-7-15-12(16-8-9)3-4-14-13(18)17-10-5-11(6-10)19-2/h7-8,10-11H,3-6H2,1-2H3,(H2,14,17,18). The van der Waals surface area contributed by atoms with Crippen molar-refractivity contribution < 1.29 is 9.53 Å². The van der Waals surface area contributed by atoms with Gasteiger partial charge in [-0.15, -0.1) is 0 Å². The summed E-state index contributed by atoms with van der Waals surface area (Å²) in [7, 11) is 1.70. The Labute approximate surface area is 113 Å². The summed E-state index contributed by atoms with van der Waals surface area (Å²) in [6.07, 6.45) is 6.28. The zero-order chi connectivity index (χ0) is 13.7. The van der Waals surface area contributed by atoms with Crippen molar-refractivity contribution in [3.8, 4) is 0 Å². The van der Waals surface area contributed by atoms with Crippen LogP contribution in [0, 0.1) is 6.92 Å². The van der Waals surface area contributed by atoms with Gasteiger partial charge in [-0.25, -0.2) is 14.8 Å². The lowest BCUT2D eigenvalue weighted by molar-refractivity contribution is 0.0206. The van der Waals surface area contributed by atoms with Crippen molar-refractivity contribution in [3.05, 3.63) is 23.8 Å². The summed E-state index contributed by atoms with van der Waals surface area (Å²) in [5.74, 6) is 0.744. The van der Waals surface area contributed by atoms with E-state index in [9.17, 15) is 4.79 Å². The summed E-state index contributed by atoms with van der Waals surface area (Å²) in [5.41, 5.74) is 1.03. The SMILES string of the molecule is COC1CC(NC(=O)NCCc2ncc(C)cn2)C1. The number of hydrogen-bond donors (Lipinski definition) is 2. The Morgan fingerprint density at radius 2 is 2.11 bits per heavy atom. The minimum Gasteiger partial charge on any atom is -0.381 e. The zero-order valence-corrected chi connectivity index (χ0v) is 11.3. The van der Waals surface area contributed by atoms with Crippen LogP contribution in [0.3, 0.4) is 0 Å². The third-order valence-electron chi connectivity index (χ3n) is 3.23. The number of methoxy groups -OCH3 is 1. The molecule has 2 amide bonds. The maximum atomic E-state index is 11.6. The third-order valence-corrected chi connectivity index (χ3v) is 3.23. The minimum atomic E-state index is -0.133. The van der Waals surface area contributed by atoms with E-state index in [1.807, 2.05) is 6.92 Å². The van der Waals surface area contributed by atoms with Crippen molar-refractivity contribution in [3.63, 3.8) is 0 Å². The van der Waals surface area contributed by atoms with E-state index in [-0.39, 0.29) is 12.1 Å². The number of rotatable bonds is 5. The lowest BCUT2D eigenvalue weighted by Gasteiger charge is -2.34. The Bertz CT molecular complexity index is 415. The molecule has 1 aromatic heterocycles. The Hall–Kier alpha value is -1.69. The zero-order valence-electron chi connectivity index (χ0n) is 11.3. The molecule has 1 heterocycles. The number of hydrogen-bond acceptors (Lipinski definition) is 4. The highest BCUT2D eigenvalue weighted by Crippen LogP contribution is 2.22. The quantitative estimate of drug-likeness (QED) is 0.825. The van der Waals surface area contributed by atoms with E-state index in [4.69, 9.17) is 4.74 Å². The van der Waals surface area contributed by atoms with Crippen LogP contribution in [-0.2, 0) is 11.2 Å². The van der Waals surface area contributed by atoms with Crippen LogP contribution >= 0.6 is 0 Å². The Morgan fingerprint density at radius 1 is 1.42 bits per heavy atom. The number of urea groups is 1. The second kappa shape index (κ2) is 6.47. The number of ether oxygens (including phenoxy) is 1. The topological polar surface area (TPSA) is 76.1 Å². The first-order chi connectivity index (χ1) is 9.17. The Kier molecular flexibility index (Phi) is 4.68. The van der Waals surface area contributed by atoms with Gasteiger partial charge in [0, 0.05) is 38.5 Å². The molecular weight excluding hydrogens is 244 g/mol. The van der Waals surface area contributed by atoms with Crippen LogP contribution in [0.5, 0.6) is 0 Å². The van der Waals surface area contributed by atoms with Crippen molar-refractivity contribution in [2.75, 3.05) is 13.7 Å². The van der Waals surface area contributed by atoms with Crippen molar-refractivity contribution >= 4 is 6.03 Å². The molecule has 0 unspecified atom stereocenters. The molecule has 104 valence electrons. The van der Waals surface area contributed by atoms with E-state index in [2.05, 4.69) is 20.6 Å². The van der Waals surface area contributed by atoms with Crippen LogP contribution in [0.2, 0.25) is 0 Å². The maximum absolute atomic E-state index is 11.6. The number of carbonyl (C=O) groups is 1. The average molecular weight is 264 g/mol. The lowest BCUT2D eigenvalue weighted by atomic mass is 9.89. The fraction of sp³-hybridized carbons (Fsp3) is 0.615. The first-order valence-corrected chi connectivity index (χ1v) is 6.52. The number of nitrogens with zero attached hydrogens (tertiary/aromatic N) is 2. The molecule has 1 aliphatic carbocycles. The van der Waals surface area contributed by atoms with Crippen LogP contribution < -0.4 is 10.6 Å². The van der Waals surface area contributed by atoms with Crippen molar-refractivity contribution in [1.29, 1.82) is 0 Å². The second-order valence-corrected chi connectivity index (χ2v) is 4.85. The molecule has 6 nitrogen and oxygen atoms in total. The van der Waals surface area contributed by atoms with E-state index in [0.29, 0.717) is 19.1 Å². The highest BCUT2D eigenvalue weighted by molar-refractivity contribution is 5.74.